The second-order valence-electron chi connectivity index (χ2n) is 6.71. The Morgan fingerprint density at radius 3 is 2.80 bits per heavy atom. The summed E-state index contributed by atoms with van der Waals surface area (Å²) in [6.45, 7) is 0. The monoisotopic (exact) mass is 375 g/mol. The Morgan fingerprint density at radius 2 is 2.12 bits per heavy atom. The molecule has 25 heavy (non-hydrogen) atoms. The largest absolute Gasteiger partial charge is 0.478 e. The molecule has 5 nitrogen and oxygen atoms in total. The van der Waals surface area contributed by atoms with Crippen molar-refractivity contribution in [2.75, 3.05) is 0 Å². The Labute approximate surface area is 154 Å². The highest BCUT2D eigenvalue weighted by Gasteiger charge is 2.47. The SMILES string of the molecule is O=C(O)/C=C/c1ccc(/C=C2\SC(=S)N(C3CC4CCC3C4)C2=O)o1. The average molecular weight is 375 g/mol. The van der Waals surface area contributed by atoms with E-state index in [1.165, 1.54) is 37.1 Å². The molecule has 3 unspecified atom stereocenters. The zero-order valence-electron chi connectivity index (χ0n) is 13.4. The molecule has 1 saturated heterocycles. The van der Waals surface area contributed by atoms with E-state index < -0.39 is 5.97 Å². The summed E-state index contributed by atoms with van der Waals surface area (Å²) in [7, 11) is 0. The number of carboxylic acid groups (broad SMARTS) is 1. The fraction of sp³-hybridized carbons (Fsp3) is 0.389. The second kappa shape index (κ2) is 6.46. The first-order valence-corrected chi connectivity index (χ1v) is 9.51. The quantitative estimate of drug-likeness (QED) is 0.638. The second-order valence-corrected chi connectivity index (χ2v) is 8.38. The van der Waals surface area contributed by atoms with Gasteiger partial charge in [-0.2, -0.15) is 0 Å². The number of furan rings is 1. The molecule has 2 aliphatic carbocycles. The Kier molecular flexibility index (Phi) is 4.29. The van der Waals surface area contributed by atoms with Crippen molar-refractivity contribution < 1.29 is 19.1 Å². The zero-order chi connectivity index (χ0) is 17.6. The summed E-state index contributed by atoms with van der Waals surface area (Å²) in [5.74, 6) is 1.20. The summed E-state index contributed by atoms with van der Waals surface area (Å²) in [6.07, 6.45) is 8.84. The van der Waals surface area contributed by atoms with Crippen LogP contribution in [0.1, 0.15) is 37.2 Å². The molecular formula is C18H17NO4S2. The molecule has 0 spiro atoms. The van der Waals surface area contributed by atoms with Crippen LogP contribution in [0.5, 0.6) is 0 Å². The minimum atomic E-state index is -1.04. The van der Waals surface area contributed by atoms with Gasteiger partial charge in [0, 0.05) is 18.2 Å². The number of fused-ring (bicyclic) bond motifs is 2. The van der Waals surface area contributed by atoms with Gasteiger partial charge in [-0.15, -0.1) is 0 Å². The van der Waals surface area contributed by atoms with Crippen LogP contribution in [0.4, 0.5) is 0 Å². The van der Waals surface area contributed by atoms with Crippen LogP contribution in [-0.4, -0.2) is 32.2 Å². The summed E-state index contributed by atoms with van der Waals surface area (Å²) in [5, 5.41) is 8.64. The number of hydrogen-bond acceptors (Lipinski definition) is 5. The van der Waals surface area contributed by atoms with Gasteiger partial charge in [0.15, 0.2) is 0 Å². The molecule has 130 valence electrons. The normalized spacial score (nSPS) is 30.3. The van der Waals surface area contributed by atoms with Gasteiger partial charge in [0.25, 0.3) is 5.91 Å². The van der Waals surface area contributed by atoms with Gasteiger partial charge in [0.05, 0.1) is 4.91 Å². The van der Waals surface area contributed by atoms with Gasteiger partial charge in [-0.1, -0.05) is 30.4 Å². The molecule has 1 amide bonds. The minimum absolute atomic E-state index is 0.0356. The van der Waals surface area contributed by atoms with Crippen LogP contribution in [0.15, 0.2) is 27.5 Å². The Hall–Kier alpha value is -1.86. The topological polar surface area (TPSA) is 70.8 Å². The molecule has 4 rings (SSSR count). The van der Waals surface area contributed by atoms with E-state index in [1.807, 2.05) is 4.90 Å². The minimum Gasteiger partial charge on any atom is -0.478 e. The number of nitrogens with zero attached hydrogens (tertiary/aromatic N) is 1. The predicted octanol–water partition coefficient (Wildman–Crippen LogP) is 3.77. The number of carboxylic acids is 1. The van der Waals surface area contributed by atoms with Crippen molar-refractivity contribution in [2.24, 2.45) is 11.8 Å². The molecule has 1 aromatic rings. The fourth-order valence-corrected chi connectivity index (χ4v) is 5.46. The van der Waals surface area contributed by atoms with Gasteiger partial charge in [-0.3, -0.25) is 9.69 Å². The molecule has 3 aliphatic rings. The number of hydrogen-bond donors (Lipinski definition) is 1. The van der Waals surface area contributed by atoms with E-state index in [0.717, 1.165) is 18.4 Å². The summed E-state index contributed by atoms with van der Waals surface area (Å²) < 4.78 is 6.17. The van der Waals surface area contributed by atoms with Gasteiger partial charge in [-0.25, -0.2) is 4.79 Å². The number of thiocarbonyl (C=S) groups is 1. The van der Waals surface area contributed by atoms with Gasteiger partial charge < -0.3 is 9.52 Å². The van der Waals surface area contributed by atoms with E-state index in [0.29, 0.717) is 26.7 Å². The summed E-state index contributed by atoms with van der Waals surface area (Å²) in [6, 6.07) is 3.64. The van der Waals surface area contributed by atoms with Crippen LogP contribution in [0, 0.1) is 11.8 Å². The van der Waals surface area contributed by atoms with E-state index in [2.05, 4.69) is 0 Å². The number of carbonyl (C=O) groups is 2. The van der Waals surface area contributed by atoms with E-state index >= 15 is 0 Å². The van der Waals surface area contributed by atoms with E-state index in [9.17, 15) is 9.59 Å². The third-order valence-electron chi connectivity index (χ3n) is 5.17. The standard InChI is InChI=1S/C18H17NO4S2/c20-16(21)6-5-12-3-4-13(23-12)9-15-17(22)19(18(24)25-15)14-8-10-1-2-11(14)7-10/h3-6,9-11,14H,1-2,7-8H2,(H,20,21)/b6-5+,15-9-. The van der Waals surface area contributed by atoms with Crippen LogP contribution in [0.25, 0.3) is 12.2 Å². The van der Waals surface area contributed by atoms with Crippen LogP contribution >= 0.6 is 24.0 Å². The molecule has 7 heteroatoms. The zero-order valence-corrected chi connectivity index (χ0v) is 15.0. The van der Waals surface area contributed by atoms with Crippen molar-refractivity contribution in [1.82, 2.24) is 4.90 Å². The van der Waals surface area contributed by atoms with Crippen molar-refractivity contribution in [3.8, 4) is 0 Å². The third kappa shape index (κ3) is 3.18. The molecule has 2 bridgehead atoms. The average Bonchev–Trinajstić information content (AvgIpc) is 3.32. The van der Waals surface area contributed by atoms with Crippen LogP contribution in [0.2, 0.25) is 0 Å². The number of thioether (sulfide) groups is 1. The number of rotatable bonds is 4. The Bertz CT molecular complexity index is 810. The van der Waals surface area contributed by atoms with Crippen molar-refractivity contribution >= 4 is 52.3 Å². The molecule has 0 aromatic carbocycles. The van der Waals surface area contributed by atoms with Crippen LogP contribution in [-0.2, 0) is 9.59 Å². The molecule has 1 N–H and O–H groups in total. The molecular weight excluding hydrogens is 358 g/mol. The van der Waals surface area contributed by atoms with Crippen molar-refractivity contribution in [3.63, 3.8) is 0 Å². The van der Waals surface area contributed by atoms with Crippen molar-refractivity contribution in [3.05, 3.63) is 34.6 Å². The van der Waals surface area contributed by atoms with Crippen LogP contribution < -0.4 is 0 Å². The fourth-order valence-electron chi connectivity index (χ4n) is 4.11. The lowest BCUT2D eigenvalue weighted by Crippen LogP contribution is -2.41. The highest BCUT2D eigenvalue weighted by molar-refractivity contribution is 8.26. The number of amides is 1. The lowest BCUT2D eigenvalue weighted by molar-refractivity contribution is -0.131. The molecule has 2 saturated carbocycles. The molecule has 3 atom stereocenters. The number of aliphatic carboxylic acids is 1. The third-order valence-corrected chi connectivity index (χ3v) is 6.50. The lowest BCUT2D eigenvalue weighted by Gasteiger charge is -2.30. The lowest BCUT2D eigenvalue weighted by atomic mass is 9.94. The van der Waals surface area contributed by atoms with Crippen LogP contribution in [0.3, 0.4) is 0 Å². The molecule has 3 fully saturated rings. The van der Waals surface area contributed by atoms with E-state index in [1.54, 1.807) is 18.2 Å². The van der Waals surface area contributed by atoms with E-state index in [4.69, 9.17) is 21.7 Å². The first kappa shape index (κ1) is 16.6. The molecule has 1 aromatic heterocycles. The highest BCUT2D eigenvalue weighted by atomic mass is 32.2. The van der Waals surface area contributed by atoms with Gasteiger partial charge in [-0.05, 0) is 49.3 Å². The number of carbonyl (C=O) groups excluding carboxylic acids is 1. The van der Waals surface area contributed by atoms with Gasteiger partial charge in [0.2, 0.25) is 0 Å². The van der Waals surface area contributed by atoms with Gasteiger partial charge >= 0.3 is 5.97 Å². The molecule has 1 aliphatic heterocycles. The van der Waals surface area contributed by atoms with Crippen molar-refractivity contribution in [2.45, 2.75) is 31.7 Å². The Morgan fingerprint density at radius 1 is 1.32 bits per heavy atom. The summed E-state index contributed by atoms with van der Waals surface area (Å²) in [4.78, 5) is 25.7. The van der Waals surface area contributed by atoms with Crippen molar-refractivity contribution in [1.29, 1.82) is 0 Å². The predicted molar refractivity (Wildman–Crippen MR) is 99.6 cm³/mol. The van der Waals surface area contributed by atoms with E-state index in [-0.39, 0.29) is 11.9 Å². The first-order chi connectivity index (χ1) is 12.0. The maximum absolute atomic E-state index is 12.8. The first-order valence-electron chi connectivity index (χ1n) is 8.29. The maximum Gasteiger partial charge on any atom is 0.328 e. The molecule has 0 radical (unpaired) electrons. The van der Waals surface area contributed by atoms with Gasteiger partial charge in [0.1, 0.15) is 15.8 Å². The maximum atomic E-state index is 12.8. The smallest absolute Gasteiger partial charge is 0.328 e. The summed E-state index contributed by atoms with van der Waals surface area (Å²) in [5.41, 5.74) is 0. The summed E-state index contributed by atoms with van der Waals surface area (Å²) >= 11 is 6.77. The highest BCUT2D eigenvalue weighted by Crippen LogP contribution is 2.49. The molecule has 2 heterocycles. The Balaban J connectivity index is 1.52.